The molecule has 57 valence electrons. The van der Waals surface area contributed by atoms with E-state index in [1.54, 1.807) is 0 Å². The van der Waals surface area contributed by atoms with Crippen LogP contribution in [-0.2, 0) is 51.0 Å². The predicted octanol–water partition coefficient (Wildman–Crippen LogP) is 1.14. The topological polar surface area (TPSA) is 45.8 Å². The van der Waals surface area contributed by atoms with Gasteiger partial charge in [0.15, 0.2) is 0 Å². The van der Waals surface area contributed by atoms with Gasteiger partial charge in [0.2, 0.25) is 0 Å². The second-order valence-corrected chi connectivity index (χ2v) is 2.29. The van der Waals surface area contributed by atoms with E-state index in [-0.39, 0.29) is 39.1 Å². The molecule has 4 heteroatoms. The molecule has 0 unspecified atom stereocenters. The summed E-state index contributed by atoms with van der Waals surface area (Å²) in [5.41, 5.74) is 7.58. The zero-order valence-corrected chi connectivity index (χ0v) is 9.21. The molecule has 0 saturated heterocycles. The number of hydrogen-bond acceptors (Lipinski definition) is 1. The molecule has 0 aliphatic carbocycles. The van der Waals surface area contributed by atoms with Crippen LogP contribution in [0.15, 0.2) is 18.5 Å². The van der Waals surface area contributed by atoms with Crippen molar-refractivity contribution in [2.45, 2.75) is 6.42 Å². The van der Waals surface area contributed by atoms with Crippen LogP contribution in [0.5, 0.6) is 0 Å². The molecule has 1 N–H and O–H groups in total. The summed E-state index contributed by atoms with van der Waals surface area (Å²) in [6, 6.07) is 1.84. The van der Waals surface area contributed by atoms with Crippen LogP contribution in [0.4, 0.5) is 0 Å². The van der Waals surface area contributed by atoms with Crippen molar-refractivity contribution in [3.63, 3.8) is 0 Å². The van der Waals surface area contributed by atoms with Crippen LogP contribution < -0.4 is 0 Å². The summed E-state index contributed by atoms with van der Waals surface area (Å²) in [6.45, 7) is 0. The van der Waals surface area contributed by atoms with Gasteiger partial charge in [0.05, 0.1) is 5.91 Å². The molecule has 0 saturated carbocycles. The van der Waals surface area contributed by atoms with Crippen LogP contribution in [0.3, 0.4) is 0 Å². The van der Waals surface area contributed by atoms with Crippen molar-refractivity contribution in [1.29, 1.82) is 0 Å². The second-order valence-electron chi connectivity index (χ2n) is 2.29. The Labute approximate surface area is 90.8 Å². The maximum absolute atomic E-state index is 10.3. The SMILES string of the molecule is Cn1ccc(CC([NH-])=O)c1.[Y]. The standard InChI is InChI=1S/C7H10N2O.Y/c1-9-3-2-6(5-9)4-7(8)10;/h2-3,5H,4H2,1H3,(H2,8,10);/p-1. The summed E-state index contributed by atoms with van der Waals surface area (Å²) in [7, 11) is 1.89. The number of aryl methyl sites for hydroxylation is 1. The Hall–Kier alpha value is -0.146. The Morgan fingerprint density at radius 2 is 2.36 bits per heavy atom. The molecule has 1 radical (unpaired) electrons. The van der Waals surface area contributed by atoms with Crippen LogP contribution >= 0.6 is 0 Å². The monoisotopic (exact) mass is 226 g/mol. The molecule has 1 amide bonds. The van der Waals surface area contributed by atoms with E-state index >= 15 is 0 Å². The van der Waals surface area contributed by atoms with E-state index < -0.39 is 5.91 Å². The zero-order valence-electron chi connectivity index (χ0n) is 6.37. The van der Waals surface area contributed by atoms with E-state index in [2.05, 4.69) is 0 Å². The molecule has 1 aromatic rings. The molecule has 0 aliphatic rings. The van der Waals surface area contributed by atoms with Crippen LogP contribution in [0.25, 0.3) is 5.73 Å². The van der Waals surface area contributed by atoms with Crippen molar-refractivity contribution in [2.75, 3.05) is 0 Å². The fraction of sp³-hybridized carbons (Fsp3) is 0.286. The van der Waals surface area contributed by atoms with Crippen LogP contribution in [0.2, 0.25) is 0 Å². The van der Waals surface area contributed by atoms with Gasteiger partial charge in [0.1, 0.15) is 0 Å². The minimum atomic E-state index is -0.536. The van der Waals surface area contributed by atoms with Crippen molar-refractivity contribution in [3.05, 3.63) is 29.8 Å². The quantitative estimate of drug-likeness (QED) is 0.745. The Bertz CT molecular complexity index is 244. The Kier molecular flexibility index (Phi) is 4.61. The summed E-state index contributed by atoms with van der Waals surface area (Å²) in [4.78, 5) is 10.3. The number of amides is 1. The molecular formula is C7H9N2OY-. The fourth-order valence-corrected chi connectivity index (χ4v) is 0.851. The Balaban J connectivity index is 0.000001000. The van der Waals surface area contributed by atoms with Gasteiger partial charge in [-0.2, -0.15) is 0 Å². The molecule has 1 rings (SSSR count). The molecule has 1 heterocycles. The molecule has 3 nitrogen and oxygen atoms in total. The Morgan fingerprint density at radius 3 is 2.73 bits per heavy atom. The van der Waals surface area contributed by atoms with Gasteiger partial charge in [-0.3, -0.25) is 0 Å². The number of rotatable bonds is 2. The molecule has 0 spiro atoms. The normalized spacial score (nSPS) is 8.82. The van der Waals surface area contributed by atoms with Crippen molar-refractivity contribution >= 4 is 5.91 Å². The third-order valence-electron chi connectivity index (χ3n) is 1.26. The molecular weight excluding hydrogens is 217 g/mol. The fourth-order valence-electron chi connectivity index (χ4n) is 0.851. The molecule has 0 bridgehead atoms. The van der Waals surface area contributed by atoms with Crippen molar-refractivity contribution in [1.82, 2.24) is 4.57 Å². The van der Waals surface area contributed by atoms with E-state index in [1.165, 1.54) is 0 Å². The van der Waals surface area contributed by atoms with Gasteiger partial charge in [0, 0.05) is 58.6 Å². The van der Waals surface area contributed by atoms with Crippen LogP contribution in [-0.4, -0.2) is 10.5 Å². The Morgan fingerprint density at radius 1 is 1.73 bits per heavy atom. The van der Waals surface area contributed by atoms with Crippen molar-refractivity contribution in [3.8, 4) is 0 Å². The first kappa shape index (κ1) is 10.9. The number of nitrogens with one attached hydrogen (secondary N) is 1. The van der Waals surface area contributed by atoms with E-state index in [9.17, 15) is 4.79 Å². The van der Waals surface area contributed by atoms with Gasteiger partial charge >= 0.3 is 0 Å². The molecule has 0 aromatic carbocycles. The molecule has 0 atom stereocenters. The number of aromatic nitrogens is 1. The van der Waals surface area contributed by atoms with Gasteiger partial charge in [-0.25, -0.2) is 0 Å². The number of carbonyl (C=O) groups excluding carboxylic acids is 1. The summed E-state index contributed by atoms with van der Waals surface area (Å²) < 4.78 is 1.86. The first-order valence-corrected chi connectivity index (χ1v) is 3.04. The summed E-state index contributed by atoms with van der Waals surface area (Å²) in [6.07, 6.45) is 3.92. The minimum absolute atomic E-state index is 0. The van der Waals surface area contributed by atoms with E-state index in [0.29, 0.717) is 0 Å². The predicted molar refractivity (Wildman–Crippen MR) is 38.4 cm³/mol. The van der Waals surface area contributed by atoms with Crippen molar-refractivity contribution < 1.29 is 37.5 Å². The van der Waals surface area contributed by atoms with Gasteiger partial charge < -0.3 is 15.1 Å². The molecule has 11 heavy (non-hydrogen) atoms. The second kappa shape index (κ2) is 4.68. The van der Waals surface area contributed by atoms with E-state index in [0.717, 1.165) is 5.56 Å². The maximum Gasteiger partial charge on any atom is 0.0532 e. The van der Waals surface area contributed by atoms with Gasteiger partial charge in [-0.1, -0.05) is 0 Å². The largest absolute Gasteiger partial charge is 0.667 e. The number of hydrogen-bond donors (Lipinski definition) is 0. The van der Waals surface area contributed by atoms with Crippen LogP contribution in [0, 0.1) is 0 Å². The average Bonchev–Trinajstić information content (AvgIpc) is 2.13. The average molecular weight is 226 g/mol. The number of carbonyl (C=O) groups is 1. The van der Waals surface area contributed by atoms with Crippen LogP contribution in [0.1, 0.15) is 5.56 Å². The first-order valence-electron chi connectivity index (χ1n) is 3.04. The maximum atomic E-state index is 10.3. The third-order valence-corrected chi connectivity index (χ3v) is 1.26. The van der Waals surface area contributed by atoms with Gasteiger partial charge in [0.25, 0.3) is 0 Å². The van der Waals surface area contributed by atoms with Gasteiger partial charge in [-0.05, 0) is 11.6 Å². The molecule has 1 aromatic heterocycles. The smallest absolute Gasteiger partial charge is 0.0532 e. The summed E-state index contributed by atoms with van der Waals surface area (Å²) >= 11 is 0. The minimum Gasteiger partial charge on any atom is -0.667 e. The number of nitrogens with zero attached hydrogens (tertiary/aromatic N) is 1. The van der Waals surface area contributed by atoms with Crippen molar-refractivity contribution in [2.24, 2.45) is 7.05 Å². The summed E-state index contributed by atoms with van der Waals surface area (Å²) in [5, 5.41) is 0. The van der Waals surface area contributed by atoms with E-state index in [1.807, 2.05) is 30.1 Å². The van der Waals surface area contributed by atoms with Gasteiger partial charge in [-0.15, -0.1) is 0 Å². The molecule has 0 fully saturated rings. The van der Waals surface area contributed by atoms with E-state index in [4.69, 9.17) is 5.73 Å². The first-order chi connectivity index (χ1) is 4.68. The molecule has 0 aliphatic heterocycles. The zero-order chi connectivity index (χ0) is 7.56. The third kappa shape index (κ3) is 3.68. The summed E-state index contributed by atoms with van der Waals surface area (Å²) in [5.74, 6) is -0.536.